The summed E-state index contributed by atoms with van der Waals surface area (Å²) in [6.07, 6.45) is 3.34. The largest absolute Gasteiger partial charge is 0.355 e. The Kier molecular flexibility index (Phi) is 3.01. The molecule has 0 aromatic carbocycles. The van der Waals surface area contributed by atoms with Crippen LogP contribution in [-0.2, 0) is 7.05 Å². The Morgan fingerprint density at radius 2 is 1.70 bits per heavy atom. The van der Waals surface area contributed by atoms with Gasteiger partial charge >= 0.3 is 0 Å². The molecular weight excluding hydrogens is 292 g/mol. The Balaban J connectivity index is 2.01. The number of rotatable bonds is 2. The van der Waals surface area contributed by atoms with E-state index in [1.54, 1.807) is 36.1 Å². The summed E-state index contributed by atoms with van der Waals surface area (Å²) in [5.41, 5.74) is 2.67. The molecule has 23 heavy (non-hydrogen) atoms. The summed E-state index contributed by atoms with van der Waals surface area (Å²) >= 11 is 0. The maximum atomic E-state index is 12.8. The zero-order valence-corrected chi connectivity index (χ0v) is 12.3. The van der Waals surface area contributed by atoms with E-state index in [9.17, 15) is 4.79 Å². The Morgan fingerprint density at radius 3 is 2.35 bits per heavy atom. The lowest BCUT2D eigenvalue weighted by molar-refractivity contribution is 0.459. The van der Waals surface area contributed by atoms with Crippen LogP contribution in [0.5, 0.6) is 0 Å². The number of fused-ring (bicyclic) bond motifs is 1. The van der Waals surface area contributed by atoms with Gasteiger partial charge in [0.15, 0.2) is 5.58 Å². The topological polar surface area (TPSA) is 73.8 Å². The first-order chi connectivity index (χ1) is 11.3. The second-order valence-electron chi connectivity index (χ2n) is 5.09. The lowest BCUT2D eigenvalue weighted by atomic mass is 10.1. The zero-order chi connectivity index (χ0) is 15.8. The van der Waals surface area contributed by atoms with Crippen LogP contribution in [0.2, 0.25) is 0 Å². The summed E-state index contributed by atoms with van der Waals surface area (Å²) < 4.78 is 6.92. The lowest BCUT2D eigenvalue weighted by Crippen LogP contribution is -2.18. The second-order valence-corrected chi connectivity index (χ2v) is 5.09. The molecule has 112 valence electrons. The standard InChI is InChI=1S/C17H12N4O2/c1-21-13(11-6-2-4-8-18-11)10-14-15(17(21)22)16(20-23-14)12-7-3-5-9-19-12/h2-10H,1H3. The van der Waals surface area contributed by atoms with Crippen LogP contribution in [0.1, 0.15) is 0 Å². The van der Waals surface area contributed by atoms with Crippen LogP contribution in [0.25, 0.3) is 33.7 Å². The quantitative estimate of drug-likeness (QED) is 0.569. The smallest absolute Gasteiger partial charge is 0.264 e. The molecule has 0 aliphatic rings. The Morgan fingerprint density at radius 1 is 1.00 bits per heavy atom. The van der Waals surface area contributed by atoms with Crippen LogP contribution in [0.3, 0.4) is 0 Å². The fourth-order valence-corrected chi connectivity index (χ4v) is 2.54. The van der Waals surface area contributed by atoms with Gasteiger partial charge in [-0.3, -0.25) is 14.8 Å². The predicted molar refractivity (Wildman–Crippen MR) is 85.7 cm³/mol. The summed E-state index contributed by atoms with van der Waals surface area (Å²) in [6.45, 7) is 0. The van der Waals surface area contributed by atoms with Crippen LogP contribution in [0, 0.1) is 0 Å². The van der Waals surface area contributed by atoms with Crippen LogP contribution in [-0.4, -0.2) is 19.7 Å². The van der Waals surface area contributed by atoms with E-state index in [0.29, 0.717) is 33.7 Å². The monoisotopic (exact) mass is 304 g/mol. The van der Waals surface area contributed by atoms with E-state index in [1.807, 2.05) is 30.3 Å². The molecule has 0 amide bonds. The van der Waals surface area contributed by atoms with E-state index in [4.69, 9.17) is 4.52 Å². The van der Waals surface area contributed by atoms with Gasteiger partial charge in [-0.25, -0.2) is 0 Å². The summed E-state index contributed by atoms with van der Waals surface area (Å²) in [7, 11) is 1.71. The summed E-state index contributed by atoms with van der Waals surface area (Å²) in [6, 6.07) is 12.8. The third-order valence-electron chi connectivity index (χ3n) is 3.70. The minimum atomic E-state index is -0.190. The van der Waals surface area contributed by atoms with Gasteiger partial charge < -0.3 is 9.09 Å². The molecule has 4 aromatic rings. The van der Waals surface area contributed by atoms with Crippen LogP contribution in [0.15, 0.2) is 64.2 Å². The molecule has 0 fully saturated rings. The number of hydrogen-bond acceptors (Lipinski definition) is 5. The summed E-state index contributed by atoms with van der Waals surface area (Å²) in [5.74, 6) is 0. The van der Waals surface area contributed by atoms with E-state index in [1.165, 1.54) is 0 Å². The van der Waals surface area contributed by atoms with E-state index in [-0.39, 0.29) is 5.56 Å². The number of aromatic nitrogens is 4. The van der Waals surface area contributed by atoms with E-state index >= 15 is 0 Å². The molecule has 0 saturated heterocycles. The molecule has 4 aromatic heterocycles. The number of nitrogens with zero attached hydrogens (tertiary/aromatic N) is 4. The van der Waals surface area contributed by atoms with Crippen molar-refractivity contribution >= 4 is 11.0 Å². The highest BCUT2D eigenvalue weighted by Crippen LogP contribution is 2.26. The van der Waals surface area contributed by atoms with Crippen molar-refractivity contribution in [2.45, 2.75) is 0 Å². The Labute approximate surface area is 131 Å². The van der Waals surface area contributed by atoms with Crippen LogP contribution >= 0.6 is 0 Å². The van der Waals surface area contributed by atoms with E-state index < -0.39 is 0 Å². The first-order valence-electron chi connectivity index (χ1n) is 7.08. The Bertz CT molecular complexity index is 1040. The lowest BCUT2D eigenvalue weighted by Gasteiger charge is -2.07. The fraction of sp³-hybridized carbons (Fsp3) is 0.0588. The molecule has 0 atom stereocenters. The average Bonchev–Trinajstić information content (AvgIpc) is 3.04. The molecule has 0 N–H and O–H groups in total. The van der Waals surface area contributed by atoms with Gasteiger partial charge in [-0.15, -0.1) is 0 Å². The maximum absolute atomic E-state index is 12.8. The van der Waals surface area contributed by atoms with Crippen LogP contribution < -0.4 is 5.56 Å². The van der Waals surface area contributed by atoms with Gasteiger partial charge in [-0.2, -0.15) is 0 Å². The zero-order valence-electron chi connectivity index (χ0n) is 12.3. The highest BCUT2D eigenvalue weighted by molar-refractivity contribution is 5.91. The molecule has 0 bridgehead atoms. The van der Waals surface area contributed by atoms with Crippen molar-refractivity contribution in [1.29, 1.82) is 0 Å². The van der Waals surface area contributed by atoms with Gasteiger partial charge in [0.1, 0.15) is 11.1 Å². The van der Waals surface area contributed by atoms with Crippen molar-refractivity contribution in [2.75, 3.05) is 0 Å². The van der Waals surface area contributed by atoms with Crippen molar-refractivity contribution in [1.82, 2.24) is 19.7 Å². The van der Waals surface area contributed by atoms with Gasteiger partial charge in [0.25, 0.3) is 5.56 Å². The van der Waals surface area contributed by atoms with Gasteiger partial charge in [0.05, 0.1) is 17.1 Å². The van der Waals surface area contributed by atoms with Gasteiger partial charge in [0.2, 0.25) is 0 Å². The van der Waals surface area contributed by atoms with E-state index in [0.717, 1.165) is 0 Å². The maximum Gasteiger partial charge on any atom is 0.264 e. The highest BCUT2D eigenvalue weighted by atomic mass is 16.5. The molecule has 0 radical (unpaired) electrons. The molecule has 4 heterocycles. The molecule has 0 aliphatic heterocycles. The van der Waals surface area contributed by atoms with Crippen LogP contribution in [0.4, 0.5) is 0 Å². The predicted octanol–water partition coefficient (Wildman–Crippen LogP) is 2.65. The van der Waals surface area contributed by atoms with E-state index in [2.05, 4.69) is 15.1 Å². The average molecular weight is 304 g/mol. The molecule has 0 spiro atoms. The third-order valence-corrected chi connectivity index (χ3v) is 3.70. The van der Waals surface area contributed by atoms with Gasteiger partial charge in [-0.05, 0) is 24.3 Å². The molecule has 6 nitrogen and oxygen atoms in total. The molecule has 0 unspecified atom stereocenters. The molecular formula is C17H12N4O2. The second kappa shape index (κ2) is 5.17. The number of hydrogen-bond donors (Lipinski definition) is 0. The first kappa shape index (κ1) is 13.4. The van der Waals surface area contributed by atoms with Crippen molar-refractivity contribution < 1.29 is 4.52 Å². The molecule has 0 saturated carbocycles. The SMILES string of the molecule is Cn1c(-c2ccccn2)cc2onc(-c3ccccn3)c2c1=O. The van der Waals surface area contributed by atoms with Crippen molar-refractivity contribution in [3.63, 3.8) is 0 Å². The first-order valence-corrected chi connectivity index (χ1v) is 7.08. The van der Waals surface area contributed by atoms with Gasteiger partial charge in [0, 0.05) is 25.5 Å². The van der Waals surface area contributed by atoms with Crippen molar-refractivity contribution in [3.05, 3.63) is 65.2 Å². The summed E-state index contributed by atoms with van der Waals surface area (Å²) in [5, 5.41) is 4.45. The minimum absolute atomic E-state index is 0.190. The molecule has 4 rings (SSSR count). The fourth-order valence-electron chi connectivity index (χ4n) is 2.54. The summed E-state index contributed by atoms with van der Waals surface area (Å²) in [4.78, 5) is 21.3. The van der Waals surface area contributed by atoms with Gasteiger partial charge in [-0.1, -0.05) is 17.3 Å². The third kappa shape index (κ3) is 2.12. The minimum Gasteiger partial charge on any atom is -0.355 e. The van der Waals surface area contributed by atoms with Crippen molar-refractivity contribution in [2.24, 2.45) is 7.05 Å². The van der Waals surface area contributed by atoms with Crippen molar-refractivity contribution in [3.8, 4) is 22.8 Å². The normalized spacial score (nSPS) is 11.0. The molecule has 6 heteroatoms. The number of pyridine rings is 3. The highest BCUT2D eigenvalue weighted by Gasteiger charge is 2.18. The Hall–Kier alpha value is -3.28. The molecule has 0 aliphatic carbocycles.